The molecule has 0 unspecified atom stereocenters. The van der Waals surface area contributed by atoms with Crippen molar-refractivity contribution in [3.05, 3.63) is 68.9 Å². The van der Waals surface area contributed by atoms with Gasteiger partial charge in [-0.2, -0.15) is 5.10 Å². The predicted octanol–water partition coefficient (Wildman–Crippen LogP) is 4.88. The predicted molar refractivity (Wildman–Crippen MR) is 97.0 cm³/mol. The van der Waals surface area contributed by atoms with Crippen LogP contribution in [0.2, 0.25) is 0 Å². The average molecular weight is 404 g/mol. The highest BCUT2D eigenvalue weighted by molar-refractivity contribution is 14.1. The van der Waals surface area contributed by atoms with Crippen LogP contribution in [0.5, 0.6) is 5.75 Å². The van der Waals surface area contributed by atoms with E-state index in [0.29, 0.717) is 6.61 Å². The zero-order chi connectivity index (χ0) is 15.5. The lowest BCUT2D eigenvalue weighted by molar-refractivity contribution is 0.304. The topological polar surface area (TPSA) is 37.9 Å². The van der Waals surface area contributed by atoms with Gasteiger partial charge in [-0.3, -0.25) is 5.10 Å². The fourth-order valence-electron chi connectivity index (χ4n) is 2.30. The Labute approximate surface area is 143 Å². The van der Waals surface area contributed by atoms with E-state index in [2.05, 4.69) is 64.0 Å². The fraction of sp³-hybridized carbons (Fsp3) is 0.167. The maximum atomic E-state index is 5.92. The molecule has 0 bridgehead atoms. The van der Waals surface area contributed by atoms with Crippen molar-refractivity contribution in [2.24, 2.45) is 0 Å². The second-order valence-electron chi connectivity index (χ2n) is 5.27. The molecule has 0 aliphatic carbocycles. The van der Waals surface area contributed by atoms with Crippen LogP contribution < -0.4 is 4.74 Å². The number of nitrogens with zero attached hydrogens (tertiary/aromatic N) is 1. The molecular weight excluding hydrogens is 387 g/mol. The first-order valence-corrected chi connectivity index (χ1v) is 8.21. The van der Waals surface area contributed by atoms with Crippen LogP contribution in [0.15, 0.2) is 48.5 Å². The van der Waals surface area contributed by atoms with Crippen molar-refractivity contribution in [3.63, 3.8) is 0 Å². The molecule has 0 saturated carbocycles. The van der Waals surface area contributed by atoms with Gasteiger partial charge in [-0.25, -0.2) is 0 Å². The monoisotopic (exact) mass is 404 g/mol. The van der Waals surface area contributed by atoms with Crippen LogP contribution in [-0.4, -0.2) is 10.2 Å². The summed E-state index contributed by atoms with van der Waals surface area (Å²) in [6.45, 7) is 4.68. The number of aromatic amines is 1. The molecule has 3 aromatic rings. The molecule has 0 fully saturated rings. The maximum Gasteiger partial charge on any atom is 0.122 e. The van der Waals surface area contributed by atoms with E-state index in [0.717, 1.165) is 31.8 Å². The van der Waals surface area contributed by atoms with Gasteiger partial charge >= 0.3 is 0 Å². The molecule has 0 spiro atoms. The largest absolute Gasteiger partial charge is 0.489 e. The van der Waals surface area contributed by atoms with E-state index in [1.54, 1.807) is 0 Å². The van der Waals surface area contributed by atoms with Crippen molar-refractivity contribution in [3.8, 4) is 17.0 Å². The Morgan fingerprint density at radius 3 is 2.50 bits per heavy atom. The molecule has 2 aromatic carbocycles. The molecule has 0 saturated heterocycles. The van der Waals surface area contributed by atoms with Crippen LogP contribution in [-0.2, 0) is 6.61 Å². The number of hydrogen-bond donors (Lipinski definition) is 1. The molecule has 3 rings (SSSR count). The van der Waals surface area contributed by atoms with E-state index in [4.69, 9.17) is 4.74 Å². The van der Waals surface area contributed by atoms with E-state index < -0.39 is 0 Å². The first-order chi connectivity index (χ1) is 10.6. The van der Waals surface area contributed by atoms with Crippen molar-refractivity contribution in [2.45, 2.75) is 20.5 Å². The Bertz CT molecular complexity index is 781. The standard InChI is InChI=1S/C18H17IN2O/c1-12-10-15(18-17(19)13(2)20-21-18)8-9-16(12)22-11-14-6-4-3-5-7-14/h3-10H,11H2,1-2H3,(H,20,21). The first kappa shape index (κ1) is 15.1. The number of nitrogens with one attached hydrogen (secondary N) is 1. The average Bonchev–Trinajstić information content (AvgIpc) is 2.87. The van der Waals surface area contributed by atoms with Gasteiger partial charge in [0, 0.05) is 11.3 Å². The van der Waals surface area contributed by atoms with Gasteiger partial charge in [0.25, 0.3) is 0 Å². The molecule has 0 aliphatic rings. The first-order valence-electron chi connectivity index (χ1n) is 7.13. The number of H-pyrrole nitrogens is 1. The van der Waals surface area contributed by atoms with E-state index in [-0.39, 0.29) is 0 Å². The van der Waals surface area contributed by atoms with Gasteiger partial charge in [-0.15, -0.1) is 0 Å². The van der Waals surface area contributed by atoms with Gasteiger partial charge in [0.05, 0.1) is 3.57 Å². The maximum absolute atomic E-state index is 5.92. The molecule has 1 heterocycles. The normalized spacial score (nSPS) is 10.7. The quantitative estimate of drug-likeness (QED) is 0.630. The van der Waals surface area contributed by atoms with Crippen molar-refractivity contribution in [2.75, 3.05) is 0 Å². The van der Waals surface area contributed by atoms with Crippen molar-refractivity contribution in [1.29, 1.82) is 0 Å². The van der Waals surface area contributed by atoms with Crippen molar-refractivity contribution >= 4 is 22.6 Å². The highest BCUT2D eigenvalue weighted by atomic mass is 127. The van der Waals surface area contributed by atoms with Gasteiger partial charge in [0.1, 0.15) is 18.1 Å². The molecule has 0 aliphatic heterocycles. The van der Waals surface area contributed by atoms with E-state index in [9.17, 15) is 0 Å². The van der Waals surface area contributed by atoms with E-state index in [1.807, 2.05) is 31.2 Å². The Morgan fingerprint density at radius 2 is 1.86 bits per heavy atom. The van der Waals surface area contributed by atoms with Crippen LogP contribution in [0, 0.1) is 17.4 Å². The third-order valence-electron chi connectivity index (χ3n) is 3.56. The lowest BCUT2D eigenvalue weighted by Gasteiger charge is -2.10. The Balaban J connectivity index is 1.79. The number of ether oxygens (including phenoxy) is 1. The minimum atomic E-state index is 0.583. The summed E-state index contributed by atoms with van der Waals surface area (Å²) in [5, 5.41) is 7.40. The summed E-state index contributed by atoms with van der Waals surface area (Å²) in [6.07, 6.45) is 0. The zero-order valence-corrected chi connectivity index (χ0v) is 14.7. The van der Waals surface area contributed by atoms with Crippen LogP contribution in [0.3, 0.4) is 0 Å². The summed E-state index contributed by atoms with van der Waals surface area (Å²) in [5.41, 5.74) is 5.49. The lowest BCUT2D eigenvalue weighted by Crippen LogP contribution is -1.97. The van der Waals surface area contributed by atoms with Gasteiger partial charge in [0.2, 0.25) is 0 Å². The number of benzene rings is 2. The molecule has 1 N–H and O–H groups in total. The molecule has 22 heavy (non-hydrogen) atoms. The lowest BCUT2D eigenvalue weighted by atomic mass is 10.1. The van der Waals surface area contributed by atoms with E-state index in [1.165, 1.54) is 5.56 Å². The zero-order valence-electron chi connectivity index (χ0n) is 12.6. The summed E-state index contributed by atoms with van der Waals surface area (Å²) >= 11 is 2.32. The summed E-state index contributed by atoms with van der Waals surface area (Å²) < 4.78 is 7.08. The fourth-order valence-corrected chi connectivity index (χ4v) is 2.85. The van der Waals surface area contributed by atoms with Gasteiger partial charge in [0.15, 0.2) is 0 Å². The molecule has 0 amide bonds. The Kier molecular flexibility index (Phi) is 4.47. The van der Waals surface area contributed by atoms with Crippen molar-refractivity contribution < 1.29 is 4.74 Å². The Morgan fingerprint density at radius 1 is 1.09 bits per heavy atom. The van der Waals surface area contributed by atoms with Gasteiger partial charge in [-0.05, 0) is 65.8 Å². The van der Waals surface area contributed by atoms with Crippen LogP contribution in [0.25, 0.3) is 11.3 Å². The summed E-state index contributed by atoms with van der Waals surface area (Å²) in [4.78, 5) is 0. The van der Waals surface area contributed by atoms with Crippen LogP contribution >= 0.6 is 22.6 Å². The SMILES string of the molecule is Cc1cc(-c2n[nH]c(C)c2I)ccc1OCc1ccccc1. The second kappa shape index (κ2) is 6.52. The van der Waals surface area contributed by atoms with Crippen LogP contribution in [0.1, 0.15) is 16.8 Å². The van der Waals surface area contributed by atoms with Gasteiger partial charge in [-0.1, -0.05) is 30.3 Å². The number of aryl methyl sites for hydroxylation is 2. The highest BCUT2D eigenvalue weighted by Gasteiger charge is 2.11. The second-order valence-corrected chi connectivity index (χ2v) is 6.34. The smallest absolute Gasteiger partial charge is 0.122 e. The third kappa shape index (κ3) is 3.16. The minimum absolute atomic E-state index is 0.583. The number of aromatic nitrogens is 2. The number of rotatable bonds is 4. The molecule has 0 radical (unpaired) electrons. The van der Waals surface area contributed by atoms with Gasteiger partial charge < -0.3 is 4.74 Å². The number of halogens is 1. The summed E-state index contributed by atoms with van der Waals surface area (Å²) in [5.74, 6) is 0.912. The molecule has 4 heteroatoms. The molecule has 0 atom stereocenters. The van der Waals surface area contributed by atoms with E-state index >= 15 is 0 Å². The summed E-state index contributed by atoms with van der Waals surface area (Å²) in [7, 11) is 0. The minimum Gasteiger partial charge on any atom is -0.489 e. The molecule has 1 aromatic heterocycles. The third-order valence-corrected chi connectivity index (χ3v) is 4.88. The molecular formula is C18H17IN2O. The van der Waals surface area contributed by atoms with Crippen LogP contribution in [0.4, 0.5) is 0 Å². The molecule has 3 nitrogen and oxygen atoms in total. The Hall–Kier alpha value is -1.82. The molecule has 112 valence electrons. The van der Waals surface area contributed by atoms with Crippen molar-refractivity contribution in [1.82, 2.24) is 10.2 Å². The summed E-state index contributed by atoms with van der Waals surface area (Å²) in [6, 6.07) is 16.4. The highest BCUT2D eigenvalue weighted by Crippen LogP contribution is 2.29. The number of hydrogen-bond acceptors (Lipinski definition) is 2.